The van der Waals surface area contributed by atoms with Crippen molar-refractivity contribution in [2.45, 2.75) is 20.3 Å². The van der Waals surface area contributed by atoms with Crippen LogP contribution in [0.15, 0.2) is 24.3 Å². The molecule has 130 valence electrons. The van der Waals surface area contributed by atoms with E-state index in [0.29, 0.717) is 19.5 Å². The molecular weight excluding hydrogens is 316 g/mol. The van der Waals surface area contributed by atoms with Gasteiger partial charge in [-0.05, 0) is 24.1 Å². The predicted molar refractivity (Wildman–Crippen MR) is 91.0 cm³/mol. The molecule has 1 N–H and O–H groups in total. The van der Waals surface area contributed by atoms with Crippen molar-refractivity contribution in [3.05, 3.63) is 29.8 Å². The van der Waals surface area contributed by atoms with Crippen molar-refractivity contribution in [3.63, 3.8) is 0 Å². The van der Waals surface area contributed by atoms with E-state index in [9.17, 15) is 13.2 Å². The third kappa shape index (κ3) is 7.00. The topological polar surface area (TPSA) is 75.7 Å². The Labute approximate surface area is 138 Å². The molecule has 0 aliphatic heterocycles. The van der Waals surface area contributed by atoms with Crippen molar-refractivity contribution in [2.24, 2.45) is 5.92 Å². The molecule has 0 aliphatic carbocycles. The van der Waals surface area contributed by atoms with Gasteiger partial charge in [-0.1, -0.05) is 26.0 Å². The highest BCUT2D eigenvalue weighted by atomic mass is 32.2. The van der Waals surface area contributed by atoms with Gasteiger partial charge in [-0.2, -0.15) is 0 Å². The lowest BCUT2D eigenvalue weighted by atomic mass is 10.1. The molecule has 0 aliphatic rings. The zero-order valence-electron chi connectivity index (χ0n) is 14.2. The van der Waals surface area contributed by atoms with Crippen molar-refractivity contribution in [1.29, 1.82) is 0 Å². The molecule has 0 radical (unpaired) electrons. The van der Waals surface area contributed by atoms with Crippen molar-refractivity contribution < 1.29 is 17.9 Å². The second kappa shape index (κ2) is 8.88. The van der Waals surface area contributed by atoms with E-state index in [-0.39, 0.29) is 18.4 Å². The molecule has 7 heteroatoms. The Bertz CT molecular complexity index is 597. The van der Waals surface area contributed by atoms with Gasteiger partial charge in [0.1, 0.15) is 5.75 Å². The van der Waals surface area contributed by atoms with Crippen LogP contribution < -0.4 is 10.1 Å². The van der Waals surface area contributed by atoms with Crippen LogP contribution in [-0.2, 0) is 21.2 Å². The summed E-state index contributed by atoms with van der Waals surface area (Å²) >= 11 is 0. The fourth-order valence-corrected chi connectivity index (χ4v) is 2.84. The van der Waals surface area contributed by atoms with Gasteiger partial charge in [0.15, 0.2) is 0 Å². The smallest absolute Gasteiger partial charge is 0.222 e. The average Bonchev–Trinajstić information content (AvgIpc) is 2.49. The van der Waals surface area contributed by atoms with E-state index in [4.69, 9.17) is 4.74 Å². The lowest BCUT2D eigenvalue weighted by Gasteiger charge is -2.20. The van der Waals surface area contributed by atoms with Crippen LogP contribution in [0.1, 0.15) is 19.4 Å². The number of methoxy groups -OCH3 is 1. The number of ether oxygens (including phenoxy) is 1. The highest BCUT2D eigenvalue weighted by Crippen LogP contribution is 2.12. The summed E-state index contributed by atoms with van der Waals surface area (Å²) in [5, 5.41) is 2.74. The summed E-state index contributed by atoms with van der Waals surface area (Å²) in [5.74, 6) is 0.583. The van der Waals surface area contributed by atoms with Gasteiger partial charge in [0, 0.05) is 25.6 Å². The number of nitrogens with zero attached hydrogens (tertiary/aromatic N) is 1. The second-order valence-corrected chi connectivity index (χ2v) is 7.69. The molecule has 0 heterocycles. The standard InChI is InChI=1S/C16H26N2O4S/c1-13(2)16(19)17-10-12-18(23(4,20)21)11-9-14-5-7-15(22-3)8-6-14/h5-8,13H,9-12H2,1-4H3,(H,17,19). The summed E-state index contributed by atoms with van der Waals surface area (Å²) < 4.78 is 30.2. The summed E-state index contributed by atoms with van der Waals surface area (Å²) in [5.41, 5.74) is 1.03. The number of carbonyl (C=O) groups excluding carboxylic acids is 1. The number of hydrogen-bond acceptors (Lipinski definition) is 4. The molecule has 0 saturated heterocycles. The quantitative estimate of drug-likeness (QED) is 0.733. The minimum Gasteiger partial charge on any atom is -0.497 e. The lowest BCUT2D eigenvalue weighted by molar-refractivity contribution is -0.123. The molecule has 1 aromatic rings. The molecule has 6 nitrogen and oxygen atoms in total. The van der Waals surface area contributed by atoms with Crippen LogP contribution in [0.5, 0.6) is 5.75 Å². The number of nitrogens with one attached hydrogen (secondary N) is 1. The first-order valence-corrected chi connectivity index (χ1v) is 9.44. The number of amides is 1. The van der Waals surface area contributed by atoms with Gasteiger partial charge in [-0.15, -0.1) is 0 Å². The van der Waals surface area contributed by atoms with E-state index in [1.54, 1.807) is 21.0 Å². The summed E-state index contributed by atoms with van der Waals surface area (Å²) in [7, 11) is -1.71. The maximum absolute atomic E-state index is 11.9. The predicted octanol–water partition coefficient (Wildman–Crippen LogP) is 1.27. The first kappa shape index (κ1) is 19.4. The molecule has 0 spiro atoms. The van der Waals surface area contributed by atoms with E-state index < -0.39 is 10.0 Å². The molecule has 1 aromatic carbocycles. The summed E-state index contributed by atoms with van der Waals surface area (Å²) in [6.07, 6.45) is 1.79. The highest BCUT2D eigenvalue weighted by Gasteiger charge is 2.16. The van der Waals surface area contributed by atoms with Crippen LogP contribution in [-0.4, -0.2) is 51.6 Å². The largest absolute Gasteiger partial charge is 0.497 e. The van der Waals surface area contributed by atoms with Crippen LogP contribution in [0.25, 0.3) is 0 Å². The number of benzene rings is 1. The zero-order chi connectivity index (χ0) is 17.5. The first-order chi connectivity index (χ1) is 10.7. The highest BCUT2D eigenvalue weighted by molar-refractivity contribution is 7.88. The lowest BCUT2D eigenvalue weighted by Crippen LogP contribution is -2.40. The van der Waals surface area contributed by atoms with Crippen LogP contribution in [0.3, 0.4) is 0 Å². The molecule has 23 heavy (non-hydrogen) atoms. The maximum Gasteiger partial charge on any atom is 0.222 e. The first-order valence-electron chi connectivity index (χ1n) is 7.59. The van der Waals surface area contributed by atoms with Crippen molar-refractivity contribution in [3.8, 4) is 5.75 Å². The molecule has 1 rings (SSSR count). The molecule has 0 fully saturated rings. The van der Waals surface area contributed by atoms with E-state index in [0.717, 1.165) is 11.3 Å². The van der Waals surface area contributed by atoms with Crippen LogP contribution >= 0.6 is 0 Å². The minimum atomic E-state index is -3.31. The Kier molecular flexibility index (Phi) is 7.51. The Hall–Kier alpha value is -1.60. The molecule has 0 unspecified atom stereocenters. The summed E-state index contributed by atoms with van der Waals surface area (Å²) in [4.78, 5) is 11.5. The molecule has 0 bridgehead atoms. The maximum atomic E-state index is 11.9. The van der Waals surface area contributed by atoms with Crippen LogP contribution in [0.2, 0.25) is 0 Å². The molecule has 0 saturated carbocycles. The van der Waals surface area contributed by atoms with E-state index in [1.807, 2.05) is 24.3 Å². The van der Waals surface area contributed by atoms with Crippen molar-refractivity contribution in [2.75, 3.05) is 33.0 Å². The Morgan fingerprint density at radius 2 is 1.83 bits per heavy atom. The molecule has 0 aromatic heterocycles. The van der Waals surface area contributed by atoms with E-state index >= 15 is 0 Å². The van der Waals surface area contributed by atoms with Gasteiger partial charge in [0.05, 0.1) is 13.4 Å². The molecule has 1 amide bonds. The van der Waals surface area contributed by atoms with E-state index in [2.05, 4.69) is 5.32 Å². The summed E-state index contributed by atoms with van der Waals surface area (Å²) in [6.45, 7) is 4.56. The third-order valence-electron chi connectivity index (χ3n) is 3.46. The fraction of sp³-hybridized carbons (Fsp3) is 0.562. The summed E-state index contributed by atoms with van der Waals surface area (Å²) in [6, 6.07) is 7.53. The van der Waals surface area contributed by atoms with E-state index in [1.165, 1.54) is 10.6 Å². The number of sulfonamides is 1. The van der Waals surface area contributed by atoms with Gasteiger partial charge >= 0.3 is 0 Å². The van der Waals surface area contributed by atoms with Gasteiger partial charge < -0.3 is 10.1 Å². The number of hydrogen-bond donors (Lipinski definition) is 1. The average molecular weight is 342 g/mol. The third-order valence-corrected chi connectivity index (χ3v) is 4.77. The normalized spacial score (nSPS) is 11.7. The minimum absolute atomic E-state index is 0.0754. The van der Waals surface area contributed by atoms with Crippen LogP contribution in [0.4, 0.5) is 0 Å². The Morgan fingerprint density at radius 1 is 1.22 bits per heavy atom. The second-order valence-electron chi connectivity index (χ2n) is 5.71. The van der Waals surface area contributed by atoms with Gasteiger partial charge in [-0.3, -0.25) is 4.79 Å². The van der Waals surface area contributed by atoms with Crippen molar-refractivity contribution >= 4 is 15.9 Å². The van der Waals surface area contributed by atoms with Gasteiger partial charge in [0.2, 0.25) is 15.9 Å². The van der Waals surface area contributed by atoms with Gasteiger partial charge in [0.25, 0.3) is 0 Å². The molecule has 0 atom stereocenters. The number of rotatable bonds is 9. The Balaban J connectivity index is 2.56. The van der Waals surface area contributed by atoms with Crippen molar-refractivity contribution in [1.82, 2.24) is 9.62 Å². The Morgan fingerprint density at radius 3 is 2.30 bits per heavy atom. The zero-order valence-corrected chi connectivity index (χ0v) is 15.0. The SMILES string of the molecule is COc1ccc(CCN(CCNC(=O)C(C)C)S(C)(=O)=O)cc1. The molecular formula is C16H26N2O4S. The number of carbonyl (C=O) groups is 1. The monoisotopic (exact) mass is 342 g/mol. The fourth-order valence-electron chi connectivity index (χ4n) is 2.00. The van der Waals surface area contributed by atoms with Crippen LogP contribution in [0, 0.1) is 5.92 Å². The van der Waals surface area contributed by atoms with Gasteiger partial charge in [-0.25, -0.2) is 12.7 Å².